The first-order valence-electron chi connectivity index (χ1n) is 9.47. The van der Waals surface area contributed by atoms with Crippen molar-refractivity contribution in [2.45, 2.75) is 53.1 Å². The molecule has 0 aromatic rings. The van der Waals surface area contributed by atoms with Crippen molar-refractivity contribution in [2.75, 3.05) is 26.4 Å². The van der Waals surface area contributed by atoms with E-state index in [-0.39, 0.29) is 12.6 Å². The van der Waals surface area contributed by atoms with E-state index in [0.717, 1.165) is 12.8 Å². The SMILES string of the molecule is CCOC(C)OCC#CC1=CC2C=C(C#CCOC(C)OCC)CC2C1. The first-order chi connectivity index (χ1) is 12.6. The third-order valence-electron chi connectivity index (χ3n) is 4.38. The molecule has 0 N–H and O–H groups in total. The van der Waals surface area contributed by atoms with Crippen LogP contribution in [0.25, 0.3) is 0 Å². The van der Waals surface area contributed by atoms with Gasteiger partial charge in [0.25, 0.3) is 0 Å². The number of fused-ring (bicyclic) bond motifs is 1. The molecule has 4 nitrogen and oxygen atoms in total. The molecule has 2 aliphatic carbocycles. The van der Waals surface area contributed by atoms with Crippen molar-refractivity contribution < 1.29 is 18.9 Å². The van der Waals surface area contributed by atoms with Crippen molar-refractivity contribution in [3.05, 3.63) is 23.3 Å². The second-order valence-electron chi connectivity index (χ2n) is 6.40. The van der Waals surface area contributed by atoms with Crippen LogP contribution in [0.1, 0.15) is 40.5 Å². The minimum absolute atomic E-state index is 0.198. The van der Waals surface area contributed by atoms with Gasteiger partial charge in [0, 0.05) is 19.1 Å². The van der Waals surface area contributed by atoms with Crippen molar-refractivity contribution in [3.8, 4) is 23.7 Å². The number of hydrogen-bond acceptors (Lipinski definition) is 4. The third kappa shape index (κ3) is 6.98. The quantitative estimate of drug-likeness (QED) is 0.490. The van der Waals surface area contributed by atoms with Crippen molar-refractivity contribution >= 4 is 0 Å². The molecule has 0 amide bonds. The molecule has 0 aromatic heterocycles. The van der Waals surface area contributed by atoms with Gasteiger partial charge in [-0.05, 0) is 57.6 Å². The zero-order valence-electron chi connectivity index (χ0n) is 16.3. The van der Waals surface area contributed by atoms with E-state index in [9.17, 15) is 0 Å². The zero-order valence-corrected chi connectivity index (χ0v) is 16.3. The average Bonchev–Trinajstić information content (AvgIpc) is 3.14. The van der Waals surface area contributed by atoms with Crippen LogP contribution in [0.4, 0.5) is 0 Å². The molecule has 26 heavy (non-hydrogen) atoms. The molecule has 0 radical (unpaired) electrons. The van der Waals surface area contributed by atoms with Crippen LogP contribution in [0.3, 0.4) is 0 Å². The fourth-order valence-electron chi connectivity index (χ4n) is 3.20. The van der Waals surface area contributed by atoms with Gasteiger partial charge in [0.15, 0.2) is 12.6 Å². The van der Waals surface area contributed by atoms with Crippen molar-refractivity contribution in [3.63, 3.8) is 0 Å². The molecule has 2 atom stereocenters. The molecule has 4 heteroatoms. The maximum absolute atomic E-state index is 5.47. The molecule has 0 saturated heterocycles. The van der Waals surface area contributed by atoms with Crippen molar-refractivity contribution in [2.24, 2.45) is 11.8 Å². The Labute approximate surface area is 157 Å². The molecule has 0 bridgehead atoms. The van der Waals surface area contributed by atoms with E-state index < -0.39 is 0 Å². The Morgan fingerprint density at radius 3 is 1.69 bits per heavy atom. The summed E-state index contributed by atoms with van der Waals surface area (Å²) in [6.07, 6.45) is 6.20. The topological polar surface area (TPSA) is 36.9 Å². The molecule has 0 aliphatic heterocycles. The van der Waals surface area contributed by atoms with Gasteiger partial charge < -0.3 is 18.9 Å². The van der Waals surface area contributed by atoms with E-state index in [4.69, 9.17) is 18.9 Å². The number of allylic oxidation sites excluding steroid dienone is 4. The molecule has 0 aromatic carbocycles. The number of ether oxygens (including phenoxy) is 4. The molecule has 0 saturated carbocycles. The van der Waals surface area contributed by atoms with Crippen LogP contribution in [0.2, 0.25) is 0 Å². The summed E-state index contributed by atoms with van der Waals surface area (Å²) in [7, 11) is 0. The Hall–Kier alpha value is -1.56. The minimum Gasteiger partial charge on any atom is -0.353 e. The second-order valence-corrected chi connectivity index (χ2v) is 6.40. The van der Waals surface area contributed by atoms with Gasteiger partial charge in [0.05, 0.1) is 0 Å². The molecule has 0 heterocycles. The Morgan fingerprint density at radius 1 is 0.846 bits per heavy atom. The highest BCUT2D eigenvalue weighted by atomic mass is 16.7. The molecule has 0 fully saturated rings. The predicted octanol–water partition coefficient (Wildman–Crippen LogP) is 3.68. The van der Waals surface area contributed by atoms with Crippen LogP contribution in [0.5, 0.6) is 0 Å². The van der Waals surface area contributed by atoms with Crippen LogP contribution < -0.4 is 0 Å². The van der Waals surface area contributed by atoms with Crippen LogP contribution in [0, 0.1) is 35.5 Å². The lowest BCUT2D eigenvalue weighted by atomic mass is 9.98. The van der Waals surface area contributed by atoms with E-state index in [0.29, 0.717) is 38.3 Å². The zero-order chi connectivity index (χ0) is 18.8. The first kappa shape index (κ1) is 20.7. The van der Waals surface area contributed by atoms with Gasteiger partial charge in [0.1, 0.15) is 13.2 Å². The summed E-state index contributed by atoms with van der Waals surface area (Å²) in [6.45, 7) is 9.79. The summed E-state index contributed by atoms with van der Waals surface area (Å²) in [5.74, 6) is 13.7. The van der Waals surface area contributed by atoms with Crippen LogP contribution in [0.15, 0.2) is 23.3 Å². The molecule has 2 aliphatic rings. The Morgan fingerprint density at radius 2 is 1.31 bits per heavy atom. The Kier molecular flexibility index (Phi) is 8.95. The lowest BCUT2D eigenvalue weighted by molar-refractivity contribution is -0.117. The van der Waals surface area contributed by atoms with Crippen LogP contribution in [-0.2, 0) is 18.9 Å². The molecule has 0 spiro atoms. The maximum Gasteiger partial charge on any atom is 0.156 e. The Bertz CT molecular complexity index is 572. The van der Waals surface area contributed by atoms with Crippen molar-refractivity contribution in [1.29, 1.82) is 0 Å². The third-order valence-corrected chi connectivity index (χ3v) is 4.38. The monoisotopic (exact) mass is 358 g/mol. The molecular formula is C22H30O4. The van der Waals surface area contributed by atoms with Gasteiger partial charge in [-0.3, -0.25) is 0 Å². The van der Waals surface area contributed by atoms with Gasteiger partial charge in [-0.15, -0.1) is 0 Å². The van der Waals surface area contributed by atoms with Crippen molar-refractivity contribution in [1.82, 2.24) is 0 Å². The summed E-state index contributed by atoms with van der Waals surface area (Å²) < 4.78 is 21.6. The lowest BCUT2D eigenvalue weighted by Crippen LogP contribution is -2.12. The van der Waals surface area contributed by atoms with Gasteiger partial charge in [-0.1, -0.05) is 35.8 Å². The van der Waals surface area contributed by atoms with E-state index in [1.165, 1.54) is 11.1 Å². The van der Waals surface area contributed by atoms with E-state index in [1.807, 2.05) is 27.7 Å². The van der Waals surface area contributed by atoms with Crippen LogP contribution in [-0.4, -0.2) is 39.0 Å². The largest absolute Gasteiger partial charge is 0.353 e. The number of rotatable bonds is 8. The van der Waals surface area contributed by atoms with E-state index in [2.05, 4.69) is 35.8 Å². The van der Waals surface area contributed by atoms with Gasteiger partial charge >= 0.3 is 0 Å². The molecule has 2 rings (SSSR count). The average molecular weight is 358 g/mol. The molecular weight excluding hydrogens is 328 g/mol. The standard InChI is InChI=1S/C22H30O4/c1-5-23-17(3)25-11-7-9-19-13-21-15-20(16-22(21)14-19)10-8-12-26-18(4)24-6-2/h13,15,17-18,21-22H,5-6,11-12,14,16H2,1-4H3. The van der Waals surface area contributed by atoms with E-state index in [1.54, 1.807) is 0 Å². The Balaban J connectivity index is 1.75. The summed E-state index contributed by atoms with van der Waals surface area (Å²) in [6, 6.07) is 0. The highest BCUT2D eigenvalue weighted by Gasteiger charge is 2.30. The van der Waals surface area contributed by atoms with Gasteiger partial charge in [-0.25, -0.2) is 0 Å². The fraction of sp³-hybridized carbons (Fsp3) is 0.636. The maximum atomic E-state index is 5.47. The summed E-state index contributed by atoms with van der Waals surface area (Å²) >= 11 is 0. The highest BCUT2D eigenvalue weighted by molar-refractivity contribution is 5.42. The molecule has 142 valence electrons. The normalized spacial score (nSPS) is 23.1. The van der Waals surface area contributed by atoms with Crippen LogP contribution >= 0.6 is 0 Å². The predicted molar refractivity (Wildman–Crippen MR) is 102 cm³/mol. The van der Waals surface area contributed by atoms with Gasteiger partial charge in [-0.2, -0.15) is 0 Å². The molecule has 2 unspecified atom stereocenters. The lowest BCUT2D eigenvalue weighted by Gasteiger charge is -2.09. The van der Waals surface area contributed by atoms with Gasteiger partial charge in [0.2, 0.25) is 0 Å². The summed E-state index contributed by atoms with van der Waals surface area (Å²) in [5.41, 5.74) is 2.43. The second kappa shape index (κ2) is 11.2. The number of hydrogen-bond donors (Lipinski definition) is 0. The highest BCUT2D eigenvalue weighted by Crippen LogP contribution is 2.41. The fourth-order valence-corrected chi connectivity index (χ4v) is 3.20. The smallest absolute Gasteiger partial charge is 0.156 e. The van der Waals surface area contributed by atoms with E-state index >= 15 is 0 Å². The summed E-state index contributed by atoms with van der Waals surface area (Å²) in [4.78, 5) is 0. The minimum atomic E-state index is -0.198. The summed E-state index contributed by atoms with van der Waals surface area (Å²) in [5, 5.41) is 0. The first-order valence-corrected chi connectivity index (χ1v) is 9.47.